The molecule has 0 spiro atoms. The highest BCUT2D eigenvalue weighted by Gasteiger charge is 2.04. The lowest BCUT2D eigenvalue weighted by molar-refractivity contribution is 0.0557. The Balaban J connectivity index is 2.68. The fourth-order valence-electron chi connectivity index (χ4n) is 0.880. The van der Waals surface area contributed by atoms with E-state index in [0.29, 0.717) is 5.56 Å². The zero-order valence-corrected chi connectivity index (χ0v) is 7.41. The van der Waals surface area contributed by atoms with E-state index in [0.717, 1.165) is 5.56 Å². The second-order valence-corrected chi connectivity index (χ2v) is 2.65. The summed E-state index contributed by atoms with van der Waals surface area (Å²) in [6.45, 7) is 1.98. The molecule has 0 unspecified atom stereocenters. The molecule has 0 saturated heterocycles. The van der Waals surface area contributed by atoms with Gasteiger partial charge in [-0.15, -0.1) is 6.42 Å². The van der Waals surface area contributed by atoms with E-state index in [1.165, 1.54) is 0 Å². The summed E-state index contributed by atoms with van der Waals surface area (Å²) in [6, 6.07) is 7.14. The van der Waals surface area contributed by atoms with Crippen molar-refractivity contribution in [2.24, 2.45) is 0 Å². The van der Waals surface area contributed by atoms with Crippen LogP contribution in [0.3, 0.4) is 0 Å². The van der Waals surface area contributed by atoms with Gasteiger partial charge in [0.15, 0.2) is 6.61 Å². The van der Waals surface area contributed by atoms with Crippen molar-refractivity contribution in [3.05, 3.63) is 35.4 Å². The van der Waals surface area contributed by atoms with E-state index in [9.17, 15) is 4.79 Å². The number of hydrogen-bond donors (Lipinski definition) is 0. The first-order chi connectivity index (χ1) is 6.24. The van der Waals surface area contributed by atoms with Crippen LogP contribution in [0.25, 0.3) is 0 Å². The van der Waals surface area contributed by atoms with E-state index >= 15 is 0 Å². The van der Waals surface area contributed by atoms with Gasteiger partial charge < -0.3 is 4.74 Å². The van der Waals surface area contributed by atoms with Gasteiger partial charge in [0.25, 0.3) is 0 Å². The highest BCUT2D eigenvalue weighted by Crippen LogP contribution is 2.04. The van der Waals surface area contributed by atoms with Gasteiger partial charge in [-0.05, 0) is 19.1 Å². The Hall–Kier alpha value is -1.75. The first-order valence-electron chi connectivity index (χ1n) is 3.91. The van der Waals surface area contributed by atoms with Crippen LogP contribution in [-0.2, 0) is 4.74 Å². The summed E-state index contributed by atoms with van der Waals surface area (Å²) in [7, 11) is 0. The van der Waals surface area contributed by atoms with E-state index in [-0.39, 0.29) is 12.6 Å². The average Bonchev–Trinajstić information content (AvgIpc) is 2.15. The quantitative estimate of drug-likeness (QED) is 0.504. The van der Waals surface area contributed by atoms with Crippen LogP contribution in [0.1, 0.15) is 15.9 Å². The summed E-state index contributed by atoms with van der Waals surface area (Å²) in [5.74, 6) is 1.86. The minimum Gasteiger partial charge on any atom is -0.449 e. The number of carbonyl (C=O) groups is 1. The van der Waals surface area contributed by atoms with Crippen LogP contribution >= 0.6 is 0 Å². The van der Waals surface area contributed by atoms with Crippen molar-refractivity contribution >= 4 is 5.97 Å². The molecular formula is C11H10O2. The average molecular weight is 174 g/mol. The number of terminal acetylenes is 1. The molecule has 0 aliphatic heterocycles. The highest BCUT2D eigenvalue weighted by molar-refractivity contribution is 5.89. The van der Waals surface area contributed by atoms with E-state index in [1.54, 1.807) is 12.1 Å². The monoisotopic (exact) mass is 174 g/mol. The van der Waals surface area contributed by atoms with Crippen molar-refractivity contribution < 1.29 is 9.53 Å². The van der Waals surface area contributed by atoms with Crippen LogP contribution in [0.2, 0.25) is 0 Å². The Labute approximate surface area is 77.5 Å². The molecule has 0 heterocycles. The molecule has 13 heavy (non-hydrogen) atoms. The fraction of sp³-hybridized carbons (Fsp3) is 0.182. The molecule has 0 N–H and O–H groups in total. The van der Waals surface area contributed by atoms with Crippen LogP contribution in [0.15, 0.2) is 24.3 Å². The number of carbonyl (C=O) groups excluding carboxylic acids is 1. The molecule has 0 radical (unpaired) electrons. The fourth-order valence-corrected chi connectivity index (χ4v) is 0.880. The van der Waals surface area contributed by atoms with Gasteiger partial charge in [0, 0.05) is 0 Å². The molecule has 0 fully saturated rings. The van der Waals surface area contributed by atoms with Gasteiger partial charge in [-0.2, -0.15) is 0 Å². The lowest BCUT2D eigenvalue weighted by atomic mass is 10.1. The van der Waals surface area contributed by atoms with Gasteiger partial charge in [0.1, 0.15) is 0 Å². The van der Waals surface area contributed by atoms with Crippen molar-refractivity contribution in [3.63, 3.8) is 0 Å². The van der Waals surface area contributed by atoms with E-state index in [2.05, 4.69) is 5.92 Å². The molecule has 0 saturated carbocycles. The Kier molecular flexibility index (Phi) is 3.10. The predicted octanol–water partition coefficient (Wildman–Crippen LogP) is 1.79. The molecule has 66 valence electrons. The number of hydrogen-bond acceptors (Lipinski definition) is 2. The Bertz CT molecular complexity index is 330. The molecular weight excluding hydrogens is 164 g/mol. The van der Waals surface area contributed by atoms with Crippen molar-refractivity contribution in [2.45, 2.75) is 6.92 Å². The number of esters is 1. The minimum absolute atomic E-state index is 0.0205. The zero-order chi connectivity index (χ0) is 9.68. The minimum atomic E-state index is -0.377. The Morgan fingerprint density at radius 2 is 2.08 bits per heavy atom. The second kappa shape index (κ2) is 4.32. The van der Waals surface area contributed by atoms with Crippen LogP contribution in [0.4, 0.5) is 0 Å². The number of aryl methyl sites for hydroxylation is 1. The summed E-state index contributed by atoms with van der Waals surface area (Å²) < 4.78 is 4.74. The molecule has 1 rings (SSSR count). The lowest BCUT2D eigenvalue weighted by Crippen LogP contribution is -2.04. The maximum Gasteiger partial charge on any atom is 0.339 e. The van der Waals surface area contributed by atoms with E-state index in [1.807, 2.05) is 19.1 Å². The molecule has 1 aromatic rings. The van der Waals surface area contributed by atoms with Gasteiger partial charge >= 0.3 is 5.97 Å². The number of benzene rings is 1. The van der Waals surface area contributed by atoms with Crippen molar-refractivity contribution in [3.8, 4) is 12.3 Å². The third-order valence-electron chi connectivity index (χ3n) is 1.57. The van der Waals surface area contributed by atoms with Crippen molar-refractivity contribution in [2.75, 3.05) is 6.61 Å². The first-order valence-corrected chi connectivity index (χ1v) is 3.91. The normalized spacial score (nSPS) is 8.92. The summed E-state index contributed by atoms with van der Waals surface area (Å²) in [4.78, 5) is 11.2. The van der Waals surface area contributed by atoms with Gasteiger partial charge in [0.05, 0.1) is 5.56 Å². The maximum atomic E-state index is 11.2. The van der Waals surface area contributed by atoms with Crippen LogP contribution in [0, 0.1) is 19.3 Å². The van der Waals surface area contributed by atoms with Gasteiger partial charge in [-0.1, -0.05) is 23.6 Å². The third kappa shape index (κ3) is 2.64. The summed E-state index contributed by atoms with van der Waals surface area (Å²) in [5.41, 5.74) is 1.63. The summed E-state index contributed by atoms with van der Waals surface area (Å²) in [6.07, 6.45) is 4.95. The largest absolute Gasteiger partial charge is 0.449 e. The SMILES string of the molecule is C#CCOC(=O)c1ccc(C)cc1. The molecule has 2 nitrogen and oxygen atoms in total. The summed E-state index contributed by atoms with van der Waals surface area (Å²) >= 11 is 0. The van der Waals surface area contributed by atoms with Crippen LogP contribution in [0.5, 0.6) is 0 Å². The number of rotatable bonds is 2. The molecule has 0 atom stereocenters. The number of ether oxygens (including phenoxy) is 1. The van der Waals surface area contributed by atoms with E-state index in [4.69, 9.17) is 11.2 Å². The molecule has 0 aromatic heterocycles. The van der Waals surface area contributed by atoms with Crippen molar-refractivity contribution in [1.82, 2.24) is 0 Å². The molecule has 1 aromatic carbocycles. The van der Waals surface area contributed by atoms with Gasteiger partial charge in [-0.3, -0.25) is 0 Å². The first kappa shape index (κ1) is 9.34. The third-order valence-corrected chi connectivity index (χ3v) is 1.57. The predicted molar refractivity (Wildman–Crippen MR) is 50.3 cm³/mol. The zero-order valence-electron chi connectivity index (χ0n) is 7.41. The maximum absolute atomic E-state index is 11.2. The Morgan fingerprint density at radius 1 is 1.46 bits per heavy atom. The smallest absolute Gasteiger partial charge is 0.339 e. The van der Waals surface area contributed by atoms with E-state index < -0.39 is 0 Å². The topological polar surface area (TPSA) is 26.3 Å². The van der Waals surface area contributed by atoms with Crippen LogP contribution in [-0.4, -0.2) is 12.6 Å². The Morgan fingerprint density at radius 3 is 2.62 bits per heavy atom. The molecule has 2 heteroatoms. The highest BCUT2D eigenvalue weighted by atomic mass is 16.5. The molecule has 0 bridgehead atoms. The summed E-state index contributed by atoms with van der Waals surface area (Å²) in [5, 5.41) is 0. The van der Waals surface area contributed by atoms with Gasteiger partial charge in [-0.25, -0.2) is 4.79 Å². The lowest BCUT2D eigenvalue weighted by Gasteiger charge is -2.00. The van der Waals surface area contributed by atoms with Crippen LogP contribution < -0.4 is 0 Å². The van der Waals surface area contributed by atoms with Gasteiger partial charge in [0.2, 0.25) is 0 Å². The standard InChI is InChI=1S/C11H10O2/c1-3-8-13-11(12)10-6-4-9(2)5-7-10/h1,4-7H,8H2,2H3. The van der Waals surface area contributed by atoms with Crippen molar-refractivity contribution in [1.29, 1.82) is 0 Å². The second-order valence-electron chi connectivity index (χ2n) is 2.65. The molecule has 0 aliphatic carbocycles. The molecule has 0 amide bonds. The molecule has 0 aliphatic rings.